The molecular weight excluding hydrogens is 166 g/mol. The van der Waals surface area contributed by atoms with Crippen LogP contribution in [0.2, 0.25) is 0 Å². The molecule has 12 heavy (non-hydrogen) atoms. The molecule has 0 saturated heterocycles. The van der Waals surface area contributed by atoms with Gasteiger partial charge in [0.05, 0.1) is 0 Å². The molecule has 0 amide bonds. The van der Waals surface area contributed by atoms with Crippen LogP contribution < -0.4 is 5.32 Å². The molecular formula is C10H19NS. The lowest BCUT2D eigenvalue weighted by Gasteiger charge is -2.12. The van der Waals surface area contributed by atoms with Crippen molar-refractivity contribution in [1.29, 1.82) is 0 Å². The maximum Gasteiger partial charge on any atom is 0.0282 e. The molecule has 0 aromatic rings. The number of hydrogen-bond donors (Lipinski definition) is 1. The molecule has 1 saturated carbocycles. The summed E-state index contributed by atoms with van der Waals surface area (Å²) >= 11 is 2.02. The van der Waals surface area contributed by atoms with Crippen LogP contribution in [-0.4, -0.2) is 24.1 Å². The van der Waals surface area contributed by atoms with E-state index in [2.05, 4.69) is 18.2 Å². The first kappa shape index (κ1) is 10.1. The van der Waals surface area contributed by atoms with E-state index in [1.165, 1.54) is 25.8 Å². The fourth-order valence-corrected chi connectivity index (χ4v) is 2.04. The van der Waals surface area contributed by atoms with Crippen LogP contribution in [0.15, 0.2) is 12.7 Å². The Labute approximate surface area is 80.0 Å². The predicted octanol–water partition coefficient (Wildman–Crippen LogP) is 2.44. The van der Waals surface area contributed by atoms with Gasteiger partial charge in [-0.2, -0.15) is 11.8 Å². The fourth-order valence-electron chi connectivity index (χ4n) is 1.28. The molecule has 0 heterocycles. The first-order chi connectivity index (χ1) is 5.83. The maximum atomic E-state index is 3.70. The van der Waals surface area contributed by atoms with Crippen LogP contribution >= 0.6 is 11.8 Å². The van der Waals surface area contributed by atoms with Crippen molar-refractivity contribution in [3.8, 4) is 0 Å². The van der Waals surface area contributed by atoms with Gasteiger partial charge < -0.3 is 5.32 Å². The van der Waals surface area contributed by atoms with E-state index in [0.717, 1.165) is 13.0 Å². The molecule has 1 N–H and O–H groups in total. The topological polar surface area (TPSA) is 12.0 Å². The number of unbranched alkanes of at least 4 members (excludes halogenated alkanes) is 1. The minimum atomic E-state index is 0.619. The van der Waals surface area contributed by atoms with Gasteiger partial charge in [0, 0.05) is 11.3 Å². The first-order valence-electron chi connectivity index (χ1n) is 4.70. The molecule has 1 rings (SSSR count). The summed E-state index contributed by atoms with van der Waals surface area (Å²) in [5.74, 6) is 0. The van der Waals surface area contributed by atoms with Gasteiger partial charge in [-0.3, -0.25) is 0 Å². The molecule has 1 aliphatic carbocycles. The van der Waals surface area contributed by atoms with Crippen LogP contribution in [0.4, 0.5) is 0 Å². The summed E-state index contributed by atoms with van der Waals surface area (Å²) in [6.45, 7) is 6.05. The Morgan fingerprint density at radius 2 is 2.33 bits per heavy atom. The van der Waals surface area contributed by atoms with Crippen molar-refractivity contribution in [2.45, 2.75) is 30.4 Å². The second-order valence-corrected chi connectivity index (χ2v) is 4.77. The minimum absolute atomic E-state index is 0.619. The highest BCUT2D eigenvalue weighted by atomic mass is 32.2. The largest absolute Gasteiger partial charge is 0.315 e. The summed E-state index contributed by atoms with van der Waals surface area (Å²) in [4.78, 5) is 0. The molecule has 1 nitrogen and oxygen atoms in total. The minimum Gasteiger partial charge on any atom is -0.315 e. The Balaban J connectivity index is 1.92. The molecule has 0 spiro atoms. The van der Waals surface area contributed by atoms with Crippen LogP contribution in [0, 0.1) is 0 Å². The molecule has 2 heteroatoms. The lowest BCUT2D eigenvalue weighted by Crippen LogP contribution is -2.26. The number of nitrogens with one attached hydrogen (secondary N) is 1. The second kappa shape index (κ2) is 4.93. The fraction of sp³-hybridized carbons (Fsp3) is 0.800. The number of rotatable bonds is 7. The van der Waals surface area contributed by atoms with Gasteiger partial charge >= 0.3 is 0 Å². The number of hydrogen-bond acceptors (Lipinski definition) is 2. The Kier molecular flexibility index (Phi) is 4.16. The van der Waals surface area contributed by atoms with E-state index in [1.807, 2.05) is 17.8 Å². The summed E-state index contributed by atoms with van der Waals surface area (Å²) in [5, 5.41) is 3.51. The van der Waals surface area contributed by atoms with Crippen molar-refractivity contribution in [3.05, 3.63) is 12.7 Å². The van der Waals surface area contributed by atoms with Crippen molar-refractivity contribution < 1.29 is 0 Å². The van der Waals surface area contributed by atoms with E-state index in [4.69, 9.17) is 0 Å². The zero-order chi connectivity index (χ0) is 8.86. The van der Waals surface area contributed by atoms with Crippen molar-refractivity contribution in [2.75, 3.05) is 19.3 Å². The Morgan fingerprint density at radius 1 is 1.58 bits per heavy atom. The van der Waals surface area contributed by atoms with E-state index in [-0.39, 0.29) is 0 Å². The highest BCUT2D eigenvalue weighted by Gasteiger charge is 2.40. The molecule has 0 bridgehead atoms. The smallest absolute Gasteiger partial charge is 0.0282 e. The third-order valence-corrected chi connectivity index (χ3v) is 3.87. The van der Waals surface area contributed by atoms with Gasteiger partial charge in [-0.1, -0.05) is 6.08 Å². The summed E-state index contributed by atoms with van der Waals surface area (Å²) in [6.07, 6.45) is 9.39. The summed E-state index contributed by atoms with van der Waals surface area (Å²) in [5.41, 5.74) is 0. The van der Waals surface area contributed by atoms with Crippen molar-refractivity contribution in [1.82, 2.24) is 5.32 Å². The zero-order valence-electron chi connectivity index (χ0n) is 7.94. The van der Waals surface area contributed by atoms with E-state index in [0.29, 0.717) is 4.75 Å². The third kappa shape index (κ3) is 3.20. The first-order valence-corrected chi connectivity index (χ1v) is 5.92. The molecule has 0 atom stereocenters. The number of allylic oxidation sites excluding steroid dienone is 1. The van der Waals surface area contributed by atoms with Crippen molar-refractivity contribution >= 4 is 11.8 Å². The number of thioether (sulfide) groups is 1. The molecule has 0 unspecified atom stereocenters. The van der Waals surface area contributed by atoms with Crippen LogP contribution in [0.1, 0.15) is 25.7 Å². The summed E-state index contributed by atoms with van der Waals surface area (Å²) in [6, 6.07) is 0. The molecule has 0 aliphatic heterocycles. The summed E-state index contributed by atoms with van der Waals surface area (Å²) in [7, 11) is 0. The molecule has 1 fully saturated rings. The quantitative estimate of drug-likeness (QED) is 0.483. The van der Waals surface area contributed by atoms with Gasteiger partial charge in [-0.25, -0.2) is 0 Å². The van der Waals surface area contributed by atoms with E-state index in [9.17, 15) is 0 Å². The zero-order valence-corrected chi connectivity index (χ0v) is 8.75. The lowest BCUT2D eigenvalue weighted by atomic mass is 10.3. The van der Waals surface area contributed by atoms with Crippen LogP contribution in [0.25, 0.3) is 0 Å². The second-order valence-electron chi connectivity index (χ2n) is 3.49. The molecule has 0 aromatic carbocycles. The predicted molar refractivity (Wildman–Crippen MR) is 57.8 cm³/mol. The molecule has 0 aromatic heterocycles. The highest BCUT2D eigenvalue weighted by Crippen LogP contribution is 2.46. The normalized spacial score (nSPS) is 19.1. The maximum absolute atomic E-state index is 3.70. The average molecular weight is 185 g/mol. The van der Waals surface area contributed by atoms with Gasteiger partial charge in [0.25, 0.3) is 0 Å². The van der Waals surface area contributed by atoms with Gasteiger partial charge in [0.2, 0.25) is 0 Å². The Hall–Kier alpha value is 0.0500. The van der Waals surface area contributed by atoms with E-state index in [1.54, 1.807) is 0 Å². The highest BCUT2D eigenvalue weighted by molar-refractivity contribution is 8.00. The van der Waals surface area contributed by atoms with Gasteiger partial charge in [-0.05, 0) is 38.5 Å². The van der Waals surface area contributed by atoms with Crippen molar-refractivity contribution in [3.63, 3.8) is 0 Å². The SMILES string of the molecule is C=CCCCNCC1(SC)CC1. The molecule has 70 valence electrons. The lowest BCUT2D eigenvalue weighted by molar-refractivity contribution is 0.636. The van der Waals surface area contributed by atoms with Crippen LogP contribution in [0.5, 0.6) is 0 Å². The van der Waals surface area contributed by atoms with Crippen LogP contribution in [0.3, 0.4) is 0 Å². The third-order valence-electron chi connectivity index (χ3n) is 2.45. The van der Waals surface area contributed by atoms with E-state index < -0.39 is 0 Å². The van der Waals surface area contributed by atoms with Gasteiger partial charge in [-0.15, -0.1) is 6.58 Å². The monoisotopic (exact) mass is 185 g/mol. The van der Waals surface area contributed by atoms with Crippen LogP contribution in [-0.2, 0) is 0 Å². The molecule has 0 radical (unpaired) electrons. The Bertz CT molecular complexity index is 141. The van der Waals surface area contributed by atoms with Gasteiger partial charge in [0.15, 0.2) is 0 Å². The molecule has 1 aliphatic rings. The average Bonchev–Trinajstić information content (AvgIpc) is 2.85. The van der Waals surface area contributed by atoms with Gasteiger partial charge in [0.1, 0.15) is 0 Å². The van der Waals surface area contributed by atoms with E-state index >= 15 is 0 Å². The standard InChI is InChI=1S/C10H19NS/c1-3-4-5-8-11-9-10(12-2)6-7-10/h3,11H,1,4-9H2,2H3. The van der Waals surface area contributed by atoms with Crippen molar-refractivity contribution in [2.24, 2.45) is 0 Å². The Morgan fingerprint density at radius 3 is 2.83 bits per heavy atom. The summed E-state index contributed by atoms with van der Waals surface area (Å²) < 4.78 is 0.619.